The number of hydrogen-bond acceptors (Lipinski definition) is 6. The van der Waals surface area contributed by atoms with E-state index in [0.29, 0.717) is 12.1 Å². The Morgan fingerprint density at radius 3 is 2.71 bits per heavy atom. The van der Waals surface area contributed by atoms with Gasteiger partial charge in [0.25, 0.3) is 0 Å². The molecule has 0 amide bonds. The van der Waals surface area contributed by atoms with E-state index in [-0.39, 0.29) is 6.04 Å². The number of likely N-dealkylation sites (tertiary alicyclic amines) is 1. The predicted molar refractivity (Wildman–Crippen MR) is 136 cm³/mol. The van der Waals surface area contributed by atoms with Crippen LogP contribution in [0.25, 0.3) is 16.9 Å². The minimum atomic E-state index is 0.161. The molecule has 6 rings (SSSR count). The van der Waals surface area contributed by atoms with Crippen LogP contribution < -0.4 is 10.2 Å². The molecule has 1 aromatic carbocycles. The highest BCUT2D eigenvalue weighted by molar-refractivity contribution is 5.68. The highest BCUT2D eigenvalue weighted by Gasteiger charge is 2.44. The lowest BCUT2D eigenvalue weighted by Gasteiger charge is -2.35. The Hall–Kier alpha value is -3.45. The van der Waals surface area contributed by atoms with E-state index in [1.807, 2.05) is 30.7 Å². The number of piperazine rings is 1. The van der Waals surface area contributed by atoms with Crippen LogP contribution in [0.4, 0.5) is 11.8 Å². The highest BCUT2D eigenvalue weighted by Crippen LogP contribution is 2.35. The molecule has 3 aromatic heterocycles. The van der Waals surface area contributed by atoms with Gasteiger partial charge in [-0.25, -0.2) is 15.0 Å². The van der Waals surface area contributed by atoms with Crippen molar-refractivity contribution in [2.75, 3.05) is 29.9 Å². The van der Waals surface area contributed by atoms with Gasteiger partial charge in [0.2, 0.25) is 5.95 Å². The second-order valence-corrected chi connectivity index (χ2v) is 9.49. The summed E-state index contributed by atoms with van der Waals surface area (Å²) in [5, 5.41) is 3.53. The van der Waals surface area contributed by atoms with Crippen molar-refractivity contribution in [3.05, 3.63) is 72.7 Å². The smallest absolute Gasteiger partial charge is 0.212 e. The van der Waals surface area contributed by atoms with Gasteiger partial charge in [0, 0.05) is 61.4 Å². The summed E-state index contributed by atoms with van der Waals surface area (Å²) in [6.45, 7) is 7.77. The zero-order chi connectivity index (χ0) is 23.1. The molecule has 2 aliphatic rings. The van der Waals surface area contributed by atoms with Crippen LogP contribution in [0, 0.1) is 0 Å². The van der Waals surface area contributed by atoms with E-state index in [2.05, 4.69) is 79.7 Å². The number of rotatable bonds is 7. The molecule has 0 saturated carbocycles. The zero-order valence-electron chi connectivity index (χ0n) is 19.8. The predicted octanol–water partition coefficient (Wildman–Crippen LogP) is 4.64. The maximum atomic E-state index is 5.17. The number of nitrogens with one attached hydrogen (secondary N) is 1. The largest absolute Gasteiger partial charge is 0.364 e. The SMILES string of the molecule is CCCN1C[C@@H]2C[C@H]1CN2c1nc(-c2ccnc(NC(C)c3ccccc3)c2)cc2nccn12. The molecule has 7 heteroatoms. The Balaban J connectivity index is 1.30. The lowest BCUT2D eigenvalue weighted by Crippen LogP contribution is -2.47. The van der Waals surface area contributed by atoms with Gasteiger partial charge in [0.1, 0.15) is 11.5 Å². The normalized spacial score (nSPS) is 20.8. The van der Waals surface area contributed by atoms with Crippen LogP contribution in [0.15, 0.2) is 67.1 Å². The Kier molecular flexibility index (Phi) is 5.41. The summed E-state index contributed by atoms with van der Waals surface area (Å²) < 4.78 is 2.13. The molecule has 34 heavy (non-hydrogen) atoms. The number of aromatic nitrogens is 4. The van der Waals surface area contributed by atoms with Crippen LogP contribution in [0.5, 0.6) is 0 Å². The molecule has 2 fully saturated rings. The molecule has 2 bridgehead atoms. The fourth-order valence-electron chi connectivity index (χ4n) is 5.53. The summed E-state index contributed by atoms with van der Waals surface area (Å²) in [6.07, 6.45) is 8.18. The summed E-state index contributed by atoms with van der Waals surface area (Å²) in [6, 6.07) is 17.9. The summed E-state index contributed by atoms with van der Waals surface area (Å²) in [5.74, 6) is 1.84. The second kappa shape index (κ2) is 8.72. The van der Waals surface area contributed by atoms with E-state index >= 15 is 0 Å². The van der Waals surface area contributed by atoms with Crippen LogP contribution in [-0.4, -0.2) is 56.0 Å². The first kappa shape index (κ1) is 21.1. The van der Waals surface area contributed by atoms with E-state index < -0.39 is 0 Å². The number of fused-ring (bicyclic) bond motifs is 3. The van der Waals surface area contributed by atoms with Crippen molar-refractivity contribution in [1.82, 2.24) is 24.3 Å². The fraction of sp³-hybridized carbons (Fsp3) is 0.370. The topological polar surface area (TPSA) is 61.6 Å². The van der Waals surface area contributed by atoms with Gasteiger partial charge in [-0.15, -0.1) is 0 Å². The Morgan fingerprint density at radius 1 is 1.03 bits per heavy atom. The third-order valence-electron chi connectivity index (χ3n) is 7.21. The van der Waals surface area contributed by atoms with Crippen molar-refractivity contribution in [1.29, 1.82) is 0 Å². The quantitative estimate of drug-likeness (QED) is 0.440. The molecule has 4 aromatic rings. The second-order valence-electron chi connectivity index (χ2n) is 9.49. The molecule has 174 valence electrons. The van der Waals surface area contributed by atoms with Crippen molar-refractivity contribution in [2.45, 2.75) is 44.8 Å². The number of anilines is 2. The van der Waals surface area contributed by atoms with Gasteiger partial charge >= 0.3 is 0 Å². The van der Waals surface area contributed by atoms with Crippen molar-refractivity contribution < 1.29 is 0 Å². The third kappa shape index (κ3) is 3.80. The number of imidazole rings is 1. The van der Waals surface area contributed by atoms with Gasteiger partial charge in [0.15, 0.2) is 0 Å². The first-order valence-electron chi connectivity index (χ1n) is 12.3. The van der Waals surface area contributed by atoms with Crippen molar-refractivity contribution in [3.8, 4) is 11.3 Å². The maximum Gasteiger partial charge on any atom is 0.212 e. The zero-order valence-corrected chi connectivity index (χ0v) is 19.8. The van der Waals surface area contributed by atoms with Crippen LogP contribution in [-0.2, 0) is 0 Å². The fourth-order valence-corrected chi connectivity index (χ4v) is 5.53. The van der Waals surface area contributed by atoms with Gasteiger partial charge in [-0.3, -0.25) is 9.30 Å². The lowest BCUT2D eigenvalue weighted by molar-refractivity contribution is 0.238. The minimum Gasteiger partial charge on any atom is -0.364 e. The van der Waals surface area contributed by atoms with Crippen LogP contribution in [0.1, 0.15) is 38.3 Å². The van der Waals surface area contributed by atoms with Gasteiger partial charge < -0.3 is 10.2 Å². The Bertz CT molecular complexity index is 1280. The molecule has 7 nitrogen and oxygen atoms in total. The van der Waals surface area contributed by atoms with E-state index in [1.165, 1.54) is 24.9 Å². The highest BCUT2D eigenvalue weighted by atomic mass is 15.4. The summed E-state index contributed by atoms with van der Waals surface area (Å²) in [5.41, 5.74) is 4.13. The summed E-state index contributed by atoms with van der Waals surface area (Å²) in [4.78, 5) is 19.5. The number of benzene rings is 1. The average Bonchev–Trinajstić information content (AvgIpc) is 3.60. The van der Waals surface area contributed by atoms with E-state index in [0.717, 1.165) is 41.8 Å². The first-order chi connectivity index (χ1) is 16.7. The molecule has 1 N–H and O–H groups in total. The molecular weight excluding hydrogens is 422 g/mol. The number of pyridine rings is 1. The van der Waals surface area contributed by atoms with E-state index in [9.17, 15) is 0 Å². The molecule has 2 saturated heterocycles. The Labute approximate surface area is 200 Å². The minimum absolute atomic E-state index is 0.161. The number of nitrogens with zero attached hydrogens (tertiary/aromatic N) is 6. The summed E-state index contributed by atoms with van der Waals surface area (Å²) >= 11 is 0. The molecule has 0 spiro atoms. The monoisotopic (exact) mass is 453 g/mol. The van der Waals surface area contributed by atoms with Crippen LogP contribution in [0.2, 0.25) is 0 Å². The van der Waals surface area contributed by atoms with Gasteiger partial charge in [-0.05, 0) is 44.0 Å². The van der Waals surface area contributed by atoms with Gasteiger partial charge in [-0.1, -0.05) is 37.3 Å². The average molecular weight is 454 g/mol. The maximum absolute atomic E-state index is 5.17. The lowest BCUT2D eigenvalue weighted by atomic mass is 10.1. The molecule has 5 heterocycles. The standard InChI is InChI=1S/C27H31N7/c1-3-12-32-17-23-15-22(32)18-34(23)27-31-24(16-26-29-11-13-33(26)27)21-9-10-28-25(14-21)30-19(2)20-7-5-4-6-8-20/h4-11,13-14,16,19,22-23H,3,12,15,17-18H2,1-2H3,(H,28,30)/t19?,22-,23-/m0/s1. The molecular formula is C27H31N7. The molecule has 0 aliphatic carbocycles. The molecule has 0 radical (unpaired) electrons. The molecule has 3 atom stereocenters. The van der Waals surface area contributed by atoms with Crippen LogP contribution >= 0.6 is 0 Å². The molecule has 1 unspecified atom stereocenters. The van der Waals surface area contributed by atoms with Gasteiger partial charge in [-0.2, -0.15) is 0 Å². The van der Waals surface area contributed by atoms with Crippen molar-refractivity contribution >= 4 is 17.4 Å². The number of hydrogen-bond donors (Lipinski definition) is 1. The van der Waals surface area contributed by atoms with Gasteiger partial charge in [0.05, 0.1) is 5.69 Å². The summed E-state index contributed by atoms with van der Waals surface area (Å²) in [7, 11) is 0. The molecule has 2 aliphatic heterocycles. The third-order valence-corrected chi connectivity index (χ3v) is 7.21. The van der Waals surface area contributed by atoms with E-state index in [4.69, 9.17) is 4.98 Å². The van der Waals surface area contributed by atoms with Crippen molar-refractivity contribution in [2.24, 2.45) is 0 Å². The van der Waals surface area contributed by atoms with Crippen molar-refractivity contribution in [3.63, 3.8) is 0 Å². The van der Waals surface area contributed by atoms with E-state index in [1.54, 1.807) is 0 Å². The first-order valence-corrected chi connectivity index (χ1v) is 12.3. The van der Waals surface area contributed by atoms with Crippen LogP contribution in [0.3, 0.4) is 0 Å². The Morgan fingerprint density at radius 2 is 1.91 bits per heavy atom.